The number of hydrogen-bond acceptors (Lipinski definition) is 8. The van der Waals surface area contributed by atoms with E-state index in [1.165, 1.54) is 29.2 Å². The molecule has 0 bridgehead atoms. The van der Waals surface area contributed by atoms with Crippen molar-refractivity contribution >= 4 is 29.2 Å². The molecule has 4 aliphatic rings. The van der Waals surface area contributed by atoms with Crippen LogP contribution in [0.1, 0.15) is 41.0 Å². The highest BCUT2D eigenvalue weighted by Crippen LogP contribution is 2.43. The molecule has 0 atom stereocenters. The number of alkyl halides is 3. The first-order valence-corrected chi connectivity index (χ1v) is 14.4. The molecule has 0 aromatic carbocycles. The molecule has 3 aromatic heterocycles. The molecule has 0 unspecified atom stereocenters. The number of amidine groups is 1. The third-order valence-electron chi connectivity index (χ3n) is 7.68. The van der Waals surface area contributed by atoms with Gasteiger partial charge >= 0.3 is 6.18 Å². The number of pyridine rings is 2. The molecule has 0 amide bonds. The molecule has 13 heteroatoms. The molecule has 43 heavy (non-hydrogen) atoms. The van der Waals surface area contributed by atoms with Crippen LogP contribution >= 0.6 is 11.6 Å². The maximum atomic E-state index is 12.9. The molecule has 1 saturated carbocycles. The second-order valence-electron chi connectivity index (χ2n) is 10.7. The van der Waals surface area contributed by atoms with Gasteiger partial charge in [-0.05, 0) is 48.6 Å². The van der Waals surface area contributed by atoms with E-state index in [9.17, 15) is 13.2 Å². The molecule has 7 rings (SSSR count). The Hall–Kier alpha value is -4.38. The number of fused-ring (bicyclic) bond motifs is 1. The van der Waals surface area contributed by atoms with E-state index >= 15 is 0 Å². The van der Waals surface area contributed by atoms with Crippen molar-refractivity contribution in [2.45, 2.75) is 24.9 Å². The maximum Gasteiger partial charge on any atom is 0.417 e. The van der Waals surface area contributed by atoms with Crippen LogP contribution in [0.25, 0.3) is 11.9 Å². The minimum Gasteiger partial charge on any atom is -0.368 e. The Morgan fingerprint density at radius 1 is 1.09 bits per heavy atom. The highest BCUT2D eigenvalue weighted by Gasteiger charge is 2.32. The third-order valence-corrected chi connectivity index (χ3v) is 7.96. The lowest BCUT2D eigenvalue weighted by Gasteiger charge is -2.32. The topological polar surface area (TPSA) is 95.3 Å². The van der Waals surface area contributed by atoms with Crippen LogP contribution in [0.3, 0.4) is 0 Å². The van der Waals surface area contributed by atoms with Crippen LogP contribution in [0.4, 0.5) is 18.9 Å². The molecule has 0 spiro atoms. The monoisotopic (exact) mass is 605 g/mol. The number of anilines is 1. The summed E-state index contributed by atoms with van der Waals surface area (Å²) < 4.78 is 40.2. The quantitative estimate of drug-likeness (QED) is 0.358. The van der Waals surface area contributed by atoms with E-state index in [4.69, 9.17) is 16.6 Å². The second kappa shape index (κ2) is 11.0. The number of nitrogens with one attached hydrogen (secondary N) is 3. The van der Waals surface area contributed by atoms with Gasteiger partial charge in [-0.2, -0.15) is 18.3 Å². The zero-order valence-corrected chi connectivity index (χ0v) is 23.7. The molecule has 9 nitrogen and oxygen atoms in total. The maximum absolute atomic E-state index is 12.9. The molecule has 220 valence electrons. The van der Waals surface area contributed by atoms with Crippen LogP contribution in [0.2, 0.25) is 5.15 Å². The molecular formula is C30H27ClF3N9. The van der Waals surface area contributed by atoms with Crippen molar-refractivity contribution in [2.24, 2.45) is 4.99 Å². The highest BCUT2D eigenvalue weighted by molar-refractivity contribution is 6.32. The minimum atomic E-state index is -4.47. The third kappa shape index (κ3) is 5.69. The number of hydrogen-bond donors (Lipinski definition) is 3. The molecular weight excluding hydrogens is 579 g/mol. The molecule has 3 aromatic rings. The van der Waals surface area contributed by atoms with E-state index in [0.717, 1.165) is 61.0 Å². The summed E-state index contributed by atoms with van der Waals surface area (Å²) in [4.78, 5) is 16.0. The number of dihydropyridines is 1. The van der Waals surface area contributed by atoms with Crippen LogP contribution in [-0.2, 0) is 6.18 Å². The van der Waals surface area contributed by atoms with Crippen LogP contribution < -0.4 is 16.0 Å². The molecule has 1 saturated heterocycles. The Morgan fingerprint density at radius 2 is 1.93 bits per heavy atom. The van der Waals surface area contributed by atoms with E-state index in [-0.39, 0.29) is 11.0 Å². The Bertz CT molecular complexity index is 1720. The average molecular weight is 606 g/mol. The van der Waals surface area contributed by atoms with Gasteiger partial charge in [0, 0.05) is 68.0 Å². The second-order valence-corrected chi connectivity index (χ2v) is 11.0. The van der Waals surface area contributed by atoms with Crippen molar-refractivity contribution in [1.82, 2.24) is 35.3 Å². The lowest BCUT2D eigenvalue weighted by molar-refractivity contribution is -0.137. The first-order valence-electron chi connectivity index (χ1n) is 14.0. The van der Waals surface area contributed by atoms with Crippen molar-refractivity contribution < 1.29 is 13.2 Å². The van der Waals surface area contributed by atoms with Gasteiger partial charge in [0.25, 0.3) is 0 Å². The predicted molar refractivity (Wildman–Crippen MR) is 158 cm³/mol. The van der Waals surface area contributed by atoms with Crippen LogP contribution in [-0.4, -0.2) is 63.2 Å². The highest BCUT2D eigenvalue weighted by atomic mass is 35.5. The van der Waals surface area contributed by atoms with E-state index in [0.29, 0.717) is 29.7 Å². The van der Waals surface area contributed by atoms with Gasteiger partial charge in [-0.25, -0.2) is 14.7 Å². The smallest absolute Gasteiger partial charge is 0.368 e. The normalized spacial score (nSPS) is 18.6. The van der Waals surface area contributed by atoms with Crippen molar-refractivity contribution in [1.29, 1.82) is 0 Å². The fraction of sp³-hybridized carbons (Fsp3) is 0.300. The lowest BCUT2D eigenvalue weighted by atomic mass is 9.99. The Kier molecular flexibility index (Phi) is 7.04. The summed E-state index contributed by atoms with van der Waals surface area (Å²) in [6.07, 6.45) is 10.0. The fourth-order valence-electron chi connectivity index (χ4n) is 5.33. The Balaban J connectivity index is 1.17. The number of aromatic nitrogens is 4. The molecule has 3 aliphatic heterocycles. The minimum absolute atomic E-state index is 0.142. The number of halogens is 4. The molecule has 1 aliphatic carbocycles. The van der Waals surface area contributed by atoms with Crippen molar-refractivity contribution in [3.63, 3.8) is 0 Å². The Labute approximate surface area is 250 Å². The summed E-state index contributed by atoms with van der Waals surface area (Å²) in [5.74, 6) is 2.34. The average Bonchev–Trinajstić information content (AvgIpc) is 3.83. The predicted octanol–water partition coefficient (Wildman–Crippen LogP) is 4.86. The van der Waals surface area contributed by atoms with E-state index in [2.05, 4.69) is 41.6 Å². The largest absolute Gasteiger partial charge is 0.417 e. The molecule has 2 fully saturated rings. The van der Waals surface area contributed by atoms with Gasteiger partial charge in [-0.3, -0.25) is 4.98 Å². The van der Waals surface area contributed by atoms with Gasteiger partial charge in [0.05, 0.1) is 17.4 Å². The zero-order valence-electron chi connectivity index (χ0n) is 22.9. The summed E-state index contributed by atoms with van der Waals surface area (Å²) in [7, 11) is 0. The van der Waals surface area contributed by atoms with E-state index < -0.39 is 11.7 Å². The van der Waals surface area contributed by atoms with Gasteiger partial charge in [-0.15, -0.1) is 0 Å². The van der Waals surface area contributed by atoms with Gasteiger partial charge in [0.1, 0.15) is 17.4 Å². The number of allylic oxidation sites excluding steroid dienone is 1. The number of nitrogens with zero attached hydrogens (tertiary/aromatic N) is 6. The van der Waals surface area contributed by atoms with Gasteiger partial charge in [-0.1, -0.05) is 23.4 Å². The summed E-state index contributed by atoms with van der Waals surface area (Å²) >= 11 is 6.39. The van der Waals surface area contributed by atoms with Gasteiger partial charge < -0.3 is 20.9 Å². The summed E-state index contributed by atoms with van der Waals surface area (Å²) in [5, 5.41) is 14.3. The molecule has 6 heterocycles. The lowest BCUT2D eigenvalue weighted by Crippen LogP contribution is -2.47. The zero-order chi connectivity index (χ0) is 29.6. The van der Waals surface area contributed by atoms with E-state index in [1.807, 2.05) is 30.6 Å². The van der Waals surface area contributed by atoms with Crippen LogP contribution in [0.15, 0.2) is 76.9 Å². The number of piperazine rings is 1. The summed E-state index contributed by atoms with van der Waals surface area (Å²) in [6, 6.07) is 2.20. The number of aliphatic imine (C=N–C) groups is 1. The molecule has 0 radical (unpaired) electrons. The molecule has 3 N–H and O–H groups in total. The van der Waals surface area contributed by atoms with Crippen LogP contribution in [0.5, 0.6) is 0 Å². The first-order chi connectivity index (χ1) is 20.8. The van der Waals surface area contributed by atoms with Gasteiger partial charge in [0.2, 0.25) is 0 Å². The first kappa shape index (κ1) is 27.5. The van der Waals surface area contributed by atoms with Crippen molar-refractivity contribution in [3.8, 4) is 5.82 Å². The fourth-order valence-corrected chi connectivity index (χ4v) is 5.51. The SMILES string of the molecule is FC(F)(F)c1ccc(-n2cc(NC3=CC(C4=C=Cc5cncc(C6CC6)c5C(N5CCNCC5)=N4)=CCN3)c(Cl)n2)nc1. The van der Waals surface area contributed by atoms with Crippen molar-refractivity contribution in [3.05, 3.63) is 99.3 Å². The van der Waals surface area contributed by atoms with Gasteiger partial charge in [0.15, 0.2) is 11.0 Å². The van der Waals surface area contributed by atoms with Crippen LogP contribution in [0, 0.1) is 0 Å². The Morgan fingerprint density at radius 3 is 2.67 bits per heavy atom. The van der Waals surface area contributed by atoms with E-state index in [1.54, 1.807) is 6.20 Å². The standard InChI is InChI=1S/C30H27ClF3N9/c31-28-24(17-43(41-28)26-6-4-21(15-38-26)30(32,33)34)39-25-13-19(7-8-37-25)23-5-3-20-14-36-16-22(18-1-2-18)27(20)29(40-23)42-11-9-35-10-12-42/h3-4,6-7,13-18,35,37,39H,1-2,8-12H2. The number of rotatable bonds is 5. The summed E-state index contributed by atoms with van der Waals surface area (Å²) in [6.45, 7) is 4.03. The van der Waals surface area contributed by atoms with Crippen molar-refractivity contribution in [2.75, 3.05) is 38.0 Å². The summed E-state index contributed by atoms with van der Waals surface area (Å²) in [5.41, 5.74) is 8.06.